The third-order valence-electron chi connectivity index (χ3n) is 2.97. The zero-order valence-electron chi connectivity index (χ0n) is 12.4. The van der Waals surface area contributed by atoms with Gasteiger partial charge in [0.25, 0.3) is 0 Å². The van der Waals surface area contributed by atoms with Gasteiger partial charge in [-0.15, -0.1) is 0 Å². The summed E-state index contributed by atoms with van der Waals surface area (Å²) < 4.78 is 14.4. The molecule has 0 saturated carbocycles. The molecule has 0 aliphatic rings. The fourth-order valence-corrected chi connectivity index (χ4v) is 1.96. The quantitative estimate of drug-likeness (QED) is 0.766. The van der Waals surface area contributed by atoms with Crippen molar-refractivity contribution in [1.29, 1.82) is 0 Å². The summed E-state index contributed by atoms with van der Waals surface area (Å²) in [6.07, 6.45) is 3.51. The minimum absolute atomic E-state index is 0.679. The first kappa shape index (κ1) is 14.5. The summed E-state index contributed by atoms with van der Waals surface area (Å²) in [6, 6.07) is 0. The number of methoxy groups -OCH3 is 1. The van der Waals surface area contributed by atoms with Gasteiger partial charge in [-0.1, -0.05) is 0 Å². The van der Waals surface area contributed by atoms with Gasteiger partial charge < -0.3 is 14.8 Å². The van der Waals surface area contributed by atoms with E-state index < -0.39 is 0 Å². The number of nitrogens with one attached hydrogen (secondary N) is 1. The van der Waals surface area contributed by atoms with E-state index in [4.69, 9.17) is 9.47 Å². The number of hydrogen-bond donors (Lipinski definition) is 1. The van der Waals surface area contributed by atoms with Crippen LogP contribution in [-0.4, -0.2) is 39.8 Å². The van der Waals surface area contributed by atoms with Crippen LogP contribution in [0.2, 0.25) is 0 Å². The maximum atomic E-state index is 5.88. The first-order valence-corrected chi connectivity index (χ1v) is 6.50. The van der Waals surface area contributed by atoms with Gasteiger partial charge in [0.15, 0.2) is 5.75 Å². The van der Waals surface area contributed by atoms with E-state index in [0.717, 1.165) is 23.7 Å². The number of aryl methyl sites for hydroxylation is 3. The van der Waals surface area contributed by atoms with Crippen molar-refractivity contribution in [2.45, 2.75) is 13.5 Å². The van der Waals surface area contributed by atoms with Crippen molar-refractivity contribution in [2.75, 3.05) is 20.3 Å². The molecule has 0 fully saturated rings. The molecule has 0 amide bonds. The molecule has 1 N–H and O–H groups in total. The Kier molecular flexibility index (Phi) is 4.75. The van der Waals surface area contributed by atoms with Crippen LogP contribution in [0.1, 0.15) is 11.3 Å². The highest BCUT2D eigenvalue weighted by atomic mass is 16.5. The first-order valence-electron chi connectivity index (χ1n) is 6.50. The van der Waals surface area contributed by atoms with Gasteiger partial charge in [-0.05, 0) is 6.92 Å². The van der Waals surface area contributed by atoms with E-state index in [9.17, 15) is 0 Å². The molecule has 0 aliphatic heterocycles. The summed E-state index contributed by atoms with van der Waals surface area (Å²) in [5.41, 5.74) is 2.00. The van der Waals surface area contributed by atoms with Crippen LogP contribution in [0.15, 0.2) is 12.4 Å². The molecule has 0 unspecified atom stereocenters. The molecule has 110 valence electrons. The lowest BCUT2D eigenvalue weighted by atomic mass is 10.2. The highest BCUT2D eigenvalue weighted by Crippen LogP contribution is 2.26. The molecule has 0 aliphatic carbocycles. The maximum Gasteiger partial charge on any atom is 0.222 e. The lowest BCUT2D eigenvalue weighted by Crippen LogP contribution is -2.19. The van der Waals surface area contributed by atoms with Crippen molar-refractivity contribution in [3.8, 4) is 11.6 Å². The fraction of sp³-hybridized carbons (Fsp3) is 0.538. The van der Waals surface area contributed by atoms with Crippen LogP contribution in [0.25, 0.3) is 0 Å². The molecule has 0 aromatic carbocycles. The van der Waals surface area contributed by atoms with Crippen LogP contribution >= 0.6 is 0 Å². The lowest BCUT2D eigenvalue weighted by Gasteiger charge is -2.08. The van der Waals surface area contributed by atoms with Gasteiger partial charge in [-0.3, -0.25) is 4.68 Å². The van der Waals surface area contributed by atoms with Crippen molar-refractivity contribution in [1.82, 2.24) is 24.9 Å². The molecule has 0 saturated heterocycles. The number of ether oxygens (including phenoxy) is 2. The SMILES string of the molecule is COCCNCc1c(C)nn(C)c1Oc1cnn(C)c1. The van der Waals surface area contributed by atoms with E-state index in [1.807, 2.05) is 27.2 Å². The average Bonchev–Trinajstić information content (AvgIpc) is 2.92. The van der Waals surface area contributed by atoms with E-state index in [0.29, 0.717) is 18.9 Å². The number of aromatic nitrogens is 4. The van der Waals surface area contributed by atoms with E-state index in [1.54, 1.807) is 22.7 Å². The molecule has 7 nitrogen and oxygen atoms in total. The predicted octanol–water partition coefficient (Wildman–Crippen LogP) is 0.990. The summed E-state index contributed by atoms with van der Waals surface area (Å²) in [5.74, 6) is 1.44. The van der Waals surface area contributed by atoms with Crippen LogP contribution in [0, 0.1) is 6.92 Å². The van der Waals surface area contributed by atoms with E-state index in [2.05, 4.69) is 15.5 Å². The molecule has 7 heteroatoms. The van der Waals surface area contributed by atoms with Gasteiger partial charge in [0, 0.05) is 34.3 Å². The summed E-state index contributed by atoms with van der Waals surface area (Å²) >= 11 is 0. The second-order valence-electron chi connectivity index (χ2n) is 4.61. The van der Waals surface area contributed by atoms with Crippen LogP contribution in [0.5, 0.6) is 11.6 Å². The van der Waals surface area contributed by atoms with Crippen LogP contribution in [0.4, 0.5) is 0 Å². The maximum absolute atomic E-state index is 5.88. The van der Waals surface area contributed by atoms with Crippen LogP contribution in [0.3, 0.4) is 0 Å². The Morgan fingerprint density at radius 1 is 1.35 bits per heavy atom. The Morgan fingerprint density at radius 3 is 2.80 bits per heavy atom. The minimum atomic E-state index is 0.679. The minimum Gasteiger partial charge on any atom is -0.436 e. The molecular formula is C13H21N5O2. The van der Waals surface area contributed by atoms with Gasteiger partial charge >= 0.3 is 0 Å². The summed E-state index contributed by atoms with van der Waals surface area (Å²) in [7, 11) is 5.42. The third-order valence-corrected chi connectivity index (χ3v) is 2.97. The Labute approximate surface area is 118 Å². The zero-order valence-corrected chi connectivity index (χ0v) is 12.4. The van der Waals surface area contributed by atoms with Crippen molar-refractivity contribution in [3.63, 3.8) is 0 Å². The zero-order chi connectivity index (χ0) is 14.5. The van der Waals surface area contributed by atoms with Gasteiger partial charge in [0.1, 0.15) is 0 Å². The van der Waals surface area contributed by atoms with Crippen molar-refractivity contribution in [3.05, 3.63) is 23.7 Å². The normalized spacial score (nSPS) is 11.0. The lowest BCUT2D eigenvalue weighted by molar-refractivity contribution is 0.199. The summed E-state index contributed by atoms with van der Waals surface area (Å²) in [5, 5.41) is 11.8. The molecule has 0 bridgehead atoms. The van der Waals surface area contributed by atoms with E-state index >= 15 is 0 Å². The van der Waals surface area contributed by atoms with Gasteiger partial charge in [0.05, 0.1) is 30.3 Å². The Bertz CT molecular complexity index is 561. The molecule has 0 atom stereocenters. The Morgan fingerprint density at radius 2 is 2.15 bits per heavy atom. The summed E-state index contributed by atoms with van der Waals surface area (Å²) in [6.45, 7) is 4.14. The van der Waals surface area contributed by atoms with Gasteiger partial charge in [-0.25, -0.2) is 4.68 Å². The fourth-order valence-electron chi connectivity index (χ4n) is 1.96. The van der Waals surface area contributed by atoms with Crippen LogP contribution < -0.4 is 10.1 Å². The molecule has 20 heavy (non-hydrogen) atoms. The molecule has 2 rings (SSSR count). The van der Waals surface area contributed by atoms with Crippen LogP contribution in [-0.2, 0) is 25.4 Å². The highest BCUT2D eigenvalue weighted by molar-refractivity contribution is 5.34. The smallest absolute Gasteiger partial charge is 0.222 e. The molecule has 2 heterocycles. The number of hydrogen-bond acceptors (Lipinski definition) is 5. The van der Waals surface area contributed by atoms with Crippen molar-refractivity contribution < 1.29 is 9.47 Å². The molecule has 0 spiro atoms. The largest absolute Gasteiger partial charge is 0.436 e. The molecule has 2 aromatic heterocycles. The average molecular weight is 279 g/mol. The molecule has 0 radical (unpaired) electrons. The number of nitrogens with zero attached hydrogens (tertiary/aromatic N) is 4. The Hall–Kier alpha value is -1.86. The highest BCUT2D eigenvalue weighted by Gasteiger charge is 2.15. The standard InChI is InChI=1S/C13H21N5O2/c1-10-12(8-14-5-6-19-4)13(18(3)16-10)20-11-7-15-17(2)9-11/h7,9,14H,5-6,8H2,1-4H3. The van der Waals surface area contributed by atoms with Gasteiger partial charge in [0.2, 0.25) is 5.88 Å². The second kappa shape index (κ2) is 6.53. The first-order chi connectivity index (χ1) is 9.61. The third kappa shape index (κ3) is 3.37. The van der Waals surface area contributed by atoms with Crippen molar-refractivity contribution in [2.24, 2.45) is 14.1 Å². The van der Waals surface area contributed by atoms with Crippen molar-refractivity contribution >= 4 is 0 Å². The topological polar surface area (TPSA) is 66.1 Å². The molecule has 2 aromatic rings. The predicted molar refractivity (Wildman–Crippen MR) is 74.8 cm³/mol. The monoisotopic (exact) mass is 279 g/mol. The van der Waals surface area contributed by atoms with E-state index in [-0.39, 0.29) is 0 Å². The summed E-state index contributed by atoms with van der Waals surface area (Å²) in [4.78, 5) is 0. The number of rotatable bonds is 7. The van der Waals surface area contributed by atoms with Gasteiger partial charge in [-0.2, -0.15) is 10.2 Å². The Balaban J connectivity index is 2.10. The molecular weight excluding hydrogens is 258 g/mol. The van der Waals surface area contributed by atoms with E-state index in [1.165, 1.54) is 0 Å². The second-order valence-corrected chi connectivity index (χ2v) is 4.61.